The normalized spacial score (nSPS) is 10.2. The number of aromatic nitrogens is 2. The number of aryl methyl sites for hydroxylation is 2. The summed E-state index contributed by atoms with van der Waals surface area (Å²) in [6, 6.07) is 6.21. The van der Waals surface area contributed by atoms with E-state index in [4.69, 9.17) is 5.84 Å². The minimum atomic E-state index is 0.540. The topological polar surface area (TPSA) is 75.9 Å². The predicted molar refractivity (Wildman–Crippen MR) is 76.7 cm³/mol. The monoisotopic (exact) mass is 307 g/mol. The van der Waals surface area contributed by atoms with Crippen LogP contribution in [-0.2, 0) is 0 Å². The summed E-state index contributed by atoms with van der Waals surface area (Å²) in [5, 5.41) is 3.26. The Morgan fingerprint density at radius 1 is 1.17 bits per heavy atom. The lowest BCUT2D eigenvalue weighted by Crippen LogP contribution is -2.10. The van der Waals surface area contributed by atoms with E-state index in [-0.39, 0.29) is 0 Å². The van der Waals surface area contributed by atoms with E-state index < -0.39 is 0 Å². The van der Waals surface area contributed by atoms with Gasteiger partial charge in [-0.25, -0.2) is 15.8 Å². The third kappa shape index (κ3) is 2.60. The molecular weight excluding hydrogens is 294 g/mol. The number of nitrogens with two attached hydrogens (primary N) is 1. The third-order valence-corrected chi connectivity index (χ3v) is 3.32. The summed E-state index contributed by atoms with van der Waals surface area (Å²) in [5.41, 5.74) is 5.85. The standard InChI is InChI=1S/C12H14BrN5/c1-7-3-4-8(2)9(5-7)17-11-10(13)12(18-14)16-6-15-11/h3-6H,14H2,1-2H3,(H2,15,16,17,18). The summed E-state index contributed by atoms with van der Waals surface area (Å²) in [5.74, 6) is 6.58. The van der Waals surface area contributed by atoms with Crippen molar-refractivity contribution in [2.45, 2.75) is 13.8 Å². The van der Waals surface area contributed by atoms with Gasteiger partial charge in [-0.15, -0.1) is 0 Å². The molecule has 0 aliphatic carbocycles. The molecule has 0 amide bonds. The van der Waals surface area contributed by atoms with Gasteiger partial charge in [0.25, 0.3) is 0 Å². The van der Waals surface area contributed by atoms with Crippen molar-refractivity contribution in [2.75, 3.05) is 10.7 Å². The van der Waals surface area contributed by atoms with Crippen molar-refractivity contribution in [3.8, 4) is 0 Å². The summed E-state index contributed by atoms with van der Waals surface area (Å²) in [6.07, 6.45) is 1.45. The first-order valence-corrected chi connectivity index (χ1v) is 6.22. The molecule has 0 unspecified atom stereocenters. The number of hydrogen-bond donors (Lipinski definition) is 3. The lowest BCUT2D eigenvalue weighted by molar-refractivity contribution is 1.12. The van der Waals surface area contributed by atoms with Crippen molar-refractivity contribution in [3.63, 3.8) is 0 Å². The van der Waals surface area contributed by atoms with Gasteiger partial charge < -0.3 is 10.7 Å². The van der Waals surface area contributed by atoms with Crippen LogP contribution in [0.4, 0.5) is 17.3 Å². The Labute approximate surface area is 114 Å². The predicted octanol–water partition coefficient (Wildman–Crippen LogP) is 2.89. The highest BCUT2D eigenvalue weighted by atomic mass is 79.9. The van der Waals surface area contributed by atoms with Crippen LogP contribution in [0.1, 0.15) is 11.1 Å². The Morgan fingerprint density at radius 3 is 2.61 bits per heavy atom. The second kappa shape index (κ2) is 5.32. The highest BCUT2D eigenvalue weighted by Crippen LogP contribution is 2.29. The Bertz CT molecular complexity index is 570. The molecule has 18 heavy (non-hydrogen) atoms. The van der Waals surface area contributed by atoms with E-state index in [9.17, 15) is 0 Å². The van der Waals surface area contributed by atoms with Gasteiger partial charge in [0.2, 0.25) is 0 Å². The first-order valence-electron chi connectivity index (χ1n) is 5.43. The fourth-order valence-corrected chi connectivity index (χ4v) is 1.97. The van der Waals surface area contributed by atoms with Gasteiger partial charge in [-0.1, -0.05) is 12.1 Å². The first kappa shape index (κ1) is 12.8. The fourth-order valence-electron chi connectivity index (χ4n) is 1.56. The highest BCUT2D eigenvalue weighted by molar-refractivity contribution is 9.10. The average molecular weight is 308 g/mol. The van der Waals surface area contributed by atoms with Crippen LogP contribution in [0, 0.1) is 13.8 Å². The average Bonchev–Trinajstić information content (AvgIpc) is 2.36. The SMILES string of the molecule is Cc1ccc(C)c(Nc2ncnc(NN)c2Br)c1. The summed E-state index contributed by atoms with van der Waals surface area (Å²) in [7, 11) is 0. The first-order chi connectivity index (χ1) is 8.61. The van der Waals surface area contributed by atoms with Gasteiger partial charge in [-0.05, 0) is 47.0 Å². The number of halogens is 1. The van der Waals surface area contributed by atoms with Crippen LogP contribution < -0.4 is 16.6 Å². The van der Waals surface area contributed by atoms with Crippen molar-refractivity contribution in [2.24, 2.45) is 5.84 Å². The zero-order chi connectivity index (χ0) is 13.1. The molecule has 0 saturated carbocycles. The van der Waals surface area contributed by atoms with Crippen molar-refractivity contribution >= 4 is 33.3 Å². The second-order valence-corrected chi connectivity index (χ2v) is 4.77. The van der Waals surface area contributed by atoms with Crippen LogP contribution in [0.3, 0.4) is 0 Å². The van der Waals surface area contributed by atoms with Crippen LogP contribution >= 0.6 is 15.9 Å². The van der Waals surface area contributed by atoms with Crippen molar-refractivity contribution in [1.29, 1.82) is 0 Å². The highest BCUT2D eigenvalue weighted by Gasteiger charge is 2.08. The van der Waals surface area contributed by atoms with E-state index in [1.54, 1.807) is 0 Å². The van der Waals surface area contributed by atoms with Crippen molar-refractivity contribution in [3.05, 3.63) is 40.1 Å². The molecule has 2 rings (SSSR count). The van der Waals surface area contributed by atoms with E-state index >= 15 is 0 Å². The zero-order valence-electron chi connectivity index (χ0n) is 10.2. The summed E-state index contributed by atoms with van der Waals surface area (Å²) >= 11 is 3.41. The number of nitrogens with one attached hydrogen (secondary N) is 2. The molecule has 0 radical (unpaired) electrons. The van der Waals surface area contributed by atoms with E-state index in [0.29, 0.717) is 16.1 Å². The lowest BCUT2D eigenvalue weighted by Gasteiger charge is -2.12. The molecule has 1 heterocycles. The number of hydrogen-bond acceptors (Lipinski definition) is 5. The van der Waals surface area contributed by atoms with Crippen LogP contribution in [0.15, 0.2) is 29.0 Å². The molecule has 6 heteroatoms. The maximum absolute atomic E-state index is 5.37. The van der Waals surface area contributed by atoms with Gasteiger partial charge in [0.1, 0.15) is 16.6 Å². The molecule has 2 aromatic rings. The number of anilines is 3. The van der Waals surface area contributed by atoms with Gasteiger partial charge in [0.05, 0.1) is 0 Å². The summed E-state index contributed by atoms with van der Waals surface area (Å²) in [6.45, 7) is 4.09. The zero-order valence-corrected chi connectivity index (χ0v) is 11.7. The molecule has 0 saturated heterocycles. The Hall–Kier alpha value is -1.66. The molecular formula is C12H14BrN5. The fraction of sp³-hybridized carbons (Fsp3) is 0.167. The smallest absolute Gasteiger partial charge is 0.159 e. The molecule has 0 fully saturated rings. The minimum Gasteiger partial charge on any atom is -0.339 e. The van der Waals surface area contributed by atoms with Gasteiger partial charge >= 0.3 is 0 Å². The molecule has 0 aliphatic rings. The summed E-state index contributed by atoms with van der Waals surface area (Å²) < 4.78 is 0.702. The Morgan fingerprint density at radius 2 is 1.89 bits per heavy atom. The third-order valence-electron chi connectivity index (χ3n) is 2.57. The van der Waals surface area contributed by atoms with Gasteiger partial charge in [-0.2, -0.15) is 0 Å². The molecule has 0 atom stereocenters. The molecule has 0 bridgehead atoms. The van der Waals surface area contributed by atoms with E-state index in [1.165, 1.54) is 11.9 Å². The van der Waals surface area contributed by atoms with Crippen molar-refractivity contribution in [1.82, 2.24) is 9.97 Å². The van der Waals surface area contributed by atoms with E-state index in [1.807, 2.05) is 13.8 Å². The number of hydrazine groups is 1. The maximum Gasteiger partial charge on any atom is 0.159 e. The Balaban J connectivity index is 2.37. The lowest BCUT2D eigenvalue weighted by atomic mass is 10.1. The van der Waals surface area contributed by atoms with Crippen LogP contribution in [-0.4, -0.2) is 9.97 Å². The Kier molecular flexibility index (Phi) is 3.78. The molecule has 1 aromatic carbocycles. The second-order valence-electron chi connectivity index (χ2n) is 3.97. The van der Waals surface area contributed by atoms with Crippen LogP contribution in [0.25, 0.3) is 0 Å². The molecule has 4 N–H and O–H groups in total. The number of nitrogen functional groups attached to an aromatic ring is 1. The van der Waals surface area contributed by atoms with Gasteiger partial charge in [0, 0.05) is 5.69 Å². The minimum absolute atomic E-state index is 0.540. The van der Waals surface area contributed by atoms with Crippen molar-refractivity contribution < 1.29 is 0 Å². The van der Waals surface area contributed by atoms with E-state index in [0.717, 1.165) is 11.3 Å². The molecule has 1 aromatic heterocycles. The molecule has 94 valence electrons. The summed E-state index contributed by atoms with van der Waals surface area (Å²) in [4.78, 5) is 8.19. The van der Waals surface area contributed by atoms with Crippen LogP contribution in [0.2, 0.25) is 0 Å². The maximum atomic E-state index is 5.37. The number of rotatable bonds is 3. The number of benzene rings is 1. The van der Waals surface area contributed by atoms with Gasteiger partial charge in [-0.3, -0.25) is 0 Å². The number of nitrogens with zero attached hydrogens (tertiary/aromatic N) is 2. The molecule has 0 spiro atoms. The molecule has 0 aliphatic heterocycles. The van der Waals surface area contributed by atoms with Gasteiger partial charge in [0.15, 0.2) is 5.82 Å². The largest absolute Gasteiger partial charge is 0.339 e. The van der Waals surface area contributed by atoms with Crippen LogP contribution in [0.5, 0.6) is 0 Å². The quantitative estimate of drug-likeness (QED) is 0.600. The van der Waals surface area contributed by atoms with E-state index in [2.05, 4.69) is 54.8 Å². The molecule has 5 nitrogen and oxygen atoms in total.